The first-order valence-electron chi connectivity index (χ1n) is 11.0. The van der Waals surface area contributed by atoms with Crippen molar-refractivity contribution in [3.8, 4) is 5.75 Å². The fourth-order valence-electron chi connectivity index (χ4n) is 4.61. The molecule has 176 valence electrons. The summed E-state index contributed by atoms with van der Waals surface area (Å²) in [5.74, 6) is -1.28. The number of carbonyl (C=O) groups excluding carboxylic acids is 2. The summed E-state index contributed by atoms with van der Waals surface area (Å²) >= 11 is 0. The normalized spacial score (nSPS) is 20.5. The fraction of sp³-hybridized carbons (Fsp3) is 0.192. The minimum atomic E-state index is -1.02. The number of ketones is 1. The first-order valence-corrected chi connectivity index (χ1v) is 11.0. The van der Waals surface area contributed by atoms with Gasteiger partial charge in [0.05, 0.1) is 16.5 Å². The summed E-state index contributed by atoms with van der Waals surface area (Å²) in [6, 6.07) is 13.3. The molecule has 9 nitrogen and oxygen atoms in total. The number of likely N-dealkylation sites (tertiary alicyclic amines) is 1. The summed E-state index contributed by atoms with van der Waals surface area (Å²) in [5.41, 5.74) is 1.98. The number of aliphatic hydroxyl groups is 1. The standard InChI is InChI=1S/C26H21N3O6/c1-15-10-19-11-18(7-8-21(19)35-15)24(30)22-23(17-5-2-6-20(12-17)29(33)34)28(26(32)25(22)31)14-16-4-3-9-27-13-16/h2-9,11-13,15,23,30H,10,14H2,1H3. The maximum absolute atomic E-state index is 13.2. The Bertz CT molecular complexity index is 1380. The monoisotopic (exact) mass is 471 g/mol. The average molecular weight is 471 g/mol. The molecule has 2 unspecified atom stereocenters. The highest BCUT2D eigenvalue weighted by Gasteiger charge is 2.46. The van der Waals surface area contributed by atoms with Gasteiger partial charge in [-0.1, -0.05) is 18.2 Å². The van der Waals surface area contributed by atoms with Crippen molar-refractivity contribution in [2.24, 2.45) is 0 Å². The topological polar surface area (TPSA) is 123 Å². The minimum absolute atomic E-state index is 0.00248. The molecule has 3 heterocycles. The Labute approximate surface area is 200 Å². The van der Waals surface area contributed by atoms with Gasteiger partial charge in [0.15, 0.2) is 0 Å². The molecule has 0 spiro atoms. The van der Waals surface area contributed by atoms with Crippen LogP contribution in [0.1, 0.15) is 35.2 Å². The lowest BCUT2D eigenvalue weighted by Crippen LogP contribution is -2.29. The van der Waals surface area contributed by atoms with Crippen LogP contribution in [0.5, 0.6) is 5.75 Å². The Morgan fingerprint density at radius 3 is 2.77 bits per heavy atom. The van der Waals surface area contributed by atoms with Gasteiger partial charge in [0.2, 0.25) is 0 Å². The lowest BCUT2D eigenvalue weighted by molar-refractivity contribution is -0.384. The third-order valence-electron chi connectivity index (χ3n) is 6.18. The van der Waals surface area contributed by atoms with E-state index >= 15 is 0 Å². The van der Waals surface area contributed by atoms with E-state index in [-0.39, 0.29) is 29.7 Å². The van der Waals surface area contributed by atoms with Crippen molar-refractivity contribution >= 4 is 23.1 Å². The summed E-state index contributed by atoms with van der Waals surface area (Å²) < 4.78 is 5.72. The molecule has 2 aromatic carbocycles. The Morgan fingerprint density at radius 2 is 2.03 bits per heavy atom. The van der Waals surface area contributed by atoms with E-state index in [1.54, 1.807) is 48.8 Å². The number of pyridine rings is 1. The van der Waals surface area contributed by atoms with Gasteiger partial charge in [0.25, 0.3) is 17.4 Å². The average Bonchev–Trinajstić information content (AvgIpc) is 3.35. The third-order valence-corrected chi connectivity index (χ3v) is 6.18. The molecule has 1 saturated heterocycles. The Kier molecular flexibility index (Phi) is 5.52. The molecule has 5 rings (SSSR count). The number of nitrogens with zero attached hydrogens (tertiary/aromatic N) is 3. The van der Waals surface area contributed by atoms with Crippen molar-refractivity contribution in [3.63, 3.8) is 0 Å². The predicted molar refractivity (Wildman–Crippen MR) is 125 cm³/mol. The maximum Gasteiger partial charge on any atom is 0.295 e. The number of ether oxygens (including phenoxy) is 1. The van der Waals surface area contributed by atoms with E-state index in [1.807, 2.05) is 6.92 Å². The van der Waals surface area contributed by atoms with Gasteiger partial charge in [0, 0.05) is 43.1 Å². The van der Waals surface area contributed by atoms with E-state index in [0.29, 0.717) is 28.9 Å². The summed E-state index contributed by atoms with van der Waals surface area (Å²) in [4.78, 5) is 42.6. The van der Waals surface area contributed by atoms with E-state index in [1.165, 1.54) is 23.1 Å². The Balaban J connectivity index is 1.65. The van der Waals surface area contributed by atoms with Crippen LogP contribution in [0.15, 0.2) is 72.6 Å². The number of rotatable bonds is 5. The summed E-state index contributed by atoms with van der Waals surface area (Å²) in [7, 11) is 0. The number of aromatic nitrogens is 1. The van der Waals surface area contributed by atoms with Crippen molar-refractivity contribution in [2.75, 3.05) is 0 Å². The number of nitro groups is 1. The van der Waals surface area contributed by atoms with Gasteiger partial charge in [-0.15, -0.1) is 0 Å². The van der Waals surface area contributed by atoms with Gasteiger partial charge >= 0.3 is 0 Å². The molecule has 1 N–H and O–H groups in total. The van der Waals surface area contributed by atoms with E-state index < -0.39 is 22.7 Å². The van der Waals surface area contributed by atoms with Crippen LogP contribution in [-0.4, -0.2) is 37.7 Å². The molecule has 1 amide bonds. The number of hydrogen-bond donors (Lipinski definition) is 1. The van der Waals surface area contributed by atoms with Crippen molar-refractivity contribution in [1.29, 1.82) is 0 Å². The minimum Gasteiger partial charge on any atom is -0.507 e. The van der Waals surface area contributed by atoms with Gasteiger partial charge < -0.3 is 14.7 Å². The Hall–Kier alpha value is -4.53. The lowest BCUT2D eigenvalue weighted by Gasteiger charge is -2.25. The van der Waals surface area contributed by atoms with Crippen molar-refractivity contribution in [1.82, 2.24) is 9.88 Å². The van der Waals surface area contributed by atoms with Gasteiger partial charge in [-0.2, -0.15) is 0 Å². The largest absolute Gasteiger partial charge is 0.507 e. The van der Waals surface area contributed by atoms with E-state index in [2.05, 4.69) is 4.98 Å². The van der Waals surface area contributed by atoms with Crippen molar-refractivity contribution in [2.45, 2.75) is 32.0 Å². The third kappa shape index (κ3) is 4.01. The molecule has 1 aromatic heterocycles. The molecule has 0 radical (unpaired) electrons. The zero-order chi connectivity index (χ0) is 24.7. The second kappa shape index (κ2) is 8.68. The highest BCUT2D eigenvalue weighted by molar-refractivity contribution is 6.46. The zero-order valence-corrected chi connectivity index (χ0v) is 18.7. The molecule has 0 aliphatic carbocycles. The molecule has 0 saturated carbocycles. The van der Waals surface area contributed by atoms with Gasteiger partial charge in [-0.3, -0.25) is 24.7 Å². The fourth-order valence-corrected chi connectivity index (χ4v) is 4.61. The second-order valence-corrected chi connectivity index (χ2v) is 8.60. The predicted octanol–water partition coefficient (Wildman–Crippen LogP) is 3.94. The molecular weight excluding hydrogens is 450 g/mol. The van der Waals surface area contributed by atoms with E-state index in [9.17, 15) is 24.8 Å². The van der Waals surface area contributed by atoms with Crippen LogP contribution in [0, 0.1) is 10.1 Å². The number of non-ortho nitro benzene ring substituents is 1. The van der Waals surface area contributed by atoms with Crippen LogP contribution in [0.3, 0.4) is 0 Å². The quantitative estimate of drug-likeness (QED) is 0.197. The summed E-state index contributed by atoms with van der Waals surface area (Å²) in [6.45, 7) is 1.98. The molecule has 35 heavy (non-hydrogen) atoms. The van der Waals surface area contributed by atoms with Gasteiger partial charge in [-0.25, -0.2) is 0 Å². The summed E-state index contributed by atoms with van der Waals surface area (Å²) in [6.07, 6.45) is 3.82. The smallest absolute Gasteiger partial charge is 0.295 e. The number of amides is 1. The van der Waals surface area contributed by atoms with Crippen LogP contribution >= 0.6 is 0 Å². The molecular formula is C26H21N3O6. The lowest BCUT2D eigenvalue weighted by atomic mass is 9.94. The molecule has 1 fully saturated rings. The summed E-state index contributed by atoms with van der Waals surface area (Å²) in [5, 5.41) is 22.7. The molecule has 0 bridgehead atoms. The van der Waals surface area contributed by atoms with Crippen LogP contribution in [0.4, 0.5) is 5.69 Å². The molecule has 9 heteroatoms. The number of carbonyl (C=O) groups is 2. The highest BCUT2D eigenvalue weighted by atomic mass is 16.6. The number of Topliss-reactive ketones (excluding diaryl/α,β-unsaturated/α-hetero) is 1. The number of benzene rings is 2. The van der Waals surface area contributed by atoms with Gasteiger partial charge in [0.1, 0.15) is 17.6 Å². The molecule has 3 aromatic rings. The zero-order valence-electron chi connectivity index (χ0n) is 18.7. The van der Waals surface area contributed by atoms with Gasteiger partial charge in [-0.05, 0) is 47.9 Å². The number of nitro benzene ring substituents is 1. The van der Waals surface area contributed by atoms with Crippen LogP contribution in [0.2, 0.25) is 0 Å². The number of aliphatic hydroxyl groups excluding tert-OH is 1. The van der Waals surface area contributed by atoms with Crippen LogP contribution < -0.4 is 4.74 Å². The molecule has 2 aliphatic heterocycles. The molecule has 2 aliphatic rings. The van der Waals surface area contributed by atoms with E-state index in [4.69, 9.17) is 4.74 Å². The first-order chi connectivity index (χ1) is 16.8. The second-order valence-electron chi connectivity index (χ2n) is 8.60. The highest BCUT2D eigenvalue weighted by Crippen LogP contribution is 2.42. The van der Waals surface area contributed by atoms with Crippen LogP contribution in [-0.2, 0) is 22.6 Å². The maximum atomic E-state index is 13.2. The van der Waals surface area contributed by atoms with E-state index in [0.717, 1.165) is 5.56 Å². The van der Waals surface area contributed by atoms with Crippen molar-refractivity contribution in [3.05, 3.63) is 105 Å². The first kappa shape index (κ1) is 22.3. The number of fused-ring (bicyclic) bond motifs is 1. The van der Waals surface area contributed by atoms with Crippen LogP contribution in [0.25, 0.3) is 5.76 Å². The SMILES string of the molecule is CC1Cc2cc(C(O)=C3C(=O)C(=O)N(Cc4cccnc4)C3c3cccc([N+](=O)[O-])c3)ccc2O1. The number of hydrogen-bond acceptors (Lipinski definition) is 7. The van der Waals surface area contributed by atoms with Crippen molar-refractivity contribution < 1.29 is 24.4 Å². The molecule has 2 atom stereocenters. The Morgan fingerprint density at radius 1 is 1.20 bits per heavy atom.